The molecule has 0 aliphatic carbocycles. The average molecular weight is 226 g/mol. The number of rotatable bonds is 5. The lowest BCUT2D eigenvalue weighted by Crippen LogP contribution is -2.29. The summed E-state index contributed by atoms with van der Waals surface area (Å²) in [5.41, 5.74) is 0.755. The molecule has 0 unspecified atom stereocenters. The molecule has 1 aromatic heterocycles. The van der Waals surface area contributed by atoms with Crippen molar-refractivity contribution in [2.45, 2.75) is 6.61 Å². The average Bonchev–Trinajstić information content (AvgIpc) is 2.29. The summed E-state index contributed by atoms with van der Waals surface area (Å²) < 4.78 is 9.78. The fraction of sp³-hybridized carbons (Fsp3) is 0.400. The van der Waals surface area contributed by atoms with E-state index in [0.717, 1.165) is 5.69 Å². The molecule has 0 fully saturated rings. The van der Waals surface area contributed by atoms with Crippen molar-refractivity contribution >= 4 is 6.09 Å². The lowest BCUT2D eigenvalue weighted by Gasteiger charge is -2.05. The molecule has 0 aliphatic heterocycles. The van der Waals surface area contributed by atoms with E-state index in [9.17, 15) is 4.79 Å². The first-order valence-corrected chi connectivity index (χ1v) is 4.76. The van der Waals surface area contributed by atoms with E-state index in [-0.39, 0.29) is 13.2 Å². The molecule has 1 rings (SSSR count). The van der Waals surface area contributed by atoms with Gasteiger partial charge in [-0.05, 0) is 12.1 Å². The molecule has 6 heteroatoms. The lowest BCUT2D eigenvalue weighted by atomic mass is 10.3. The van der Waals surface area contributed by atoms with Crippen LogP contribution in [0.4, 0.5) is 4.79 Å². The van der Waals surface area contributed by atoms with Gasteiger partial charge in [-0.15, -0.1) is 0 Å². The Labute approximate surface area is 93.2 Å². The normalized spacial score (nSPS) is 9.88. The molecule has 1 amide bonds. The Hall–Kier alpha value is -1.66. The van der Waals surface area contributed by atoms with Crippen LogP contribution in [0.3, 0.4) is 0 Å². The summed E-state index contributed by atoms with van der Waals surface area (Å²) in [6.07, 6.45) is 0.822. The van der Waals surface area contributed by atoms with Crippen LogP contribution in [0.5, 0.6) is 5.75 Å². The number of hydrogen-bond acceptors (Lipinski definition) is 5. The highest BCUT2D eigenvalue weighted by molar-refractivity contribution is 5.70. The maximum atomic E-state index is 11.1. The molecule has 0 radical (unpaired) electrons. The summed E-state index contributed by atoms with van der Waals surface area (Å²) in [5, 5.41) is 10.8. The van der Waals surface area contributed by atoms with Gasteiger partial charge in [0.15, 0.2) is 5.75 Å². The quantitative estimate of drug-likeness (QED) is 0.755. The zero-order chi connectivity index (χ0) is 11.8. The van der Waals surface area contributed by atoms with E-state index >= 15 is 0 Å². The number of hydrogen-bond donors (Lipinski definition) is 2. The fourth-order valence-corrected chi connectivity index (χ4v) is 1.01. The van der Waals surface area contributed by atoms with Gasteiger partial charge in [0.2, 0.25) is 0 Å². The minimum Gasteiger partial charge on any atom is -0.409 e. The Morgan fingerprint density at radius 2 is 2.38 bits per heavy atom. The largest absolute Gasteiger partial charge is 0.412 e. The highest BCUT2D eigenvalue weighted by Gasteiger charge is 2.03. The van der Waals surface area contributed by atoms with Crippen LogP contribution in [0.1, 0.15) is 5.69 Å². The van der Waals surface area contributed by atoms with Gasteiger partial charge in [-0.1, -0.05) is 0 Å². The summed E-state index contributed by atoms with van der Waals surface area (Å²) in [4.78, 5) is 15.1. The van der Waals surface area contributed by atoms with Gasteiger partial charge in [0.25, 0.3) is 0 Å². The summed E-state index contributed by atoms with van der Waals surface area (Å²) in [5.74, 6) is 0.343. The Bertz CT molecular complexity index is 326. The van der Waals surface area contributed by atoms with Crippen molar-refractivity contribution in [2.24, 2.45) is 0 Å². The highest BCUT2D eigenvalue weighted by Crippen LogP contribution is 2.09. The third kappa shape index (κ3) is 4.24. The molecule has 88 valence electrons. The molecular formula is C10H14N2O4. The maximum absolute atomic E-state index is 11.1. The van der Waals surface area contributed by atoms with Gasteiger partial charge >= 0.3 is 6.09 Å². The third-order valence-electron chi connectivity index (χ3n) is 1.68. The van der Waals surface area contributed by atoms with Crippen LogP contribution in [0.25, 0.3) is 0 Å². The van der Waals surface area contributed by atoms with Gasteiger partial charge < -0.3 is 19.9 Å². The van der Waals surface area contributed by atoms with Crippen LogP contribution >= 0.6 is 0 Å². The molecule has 0 aromatic carbocycles. The van der Waals surface area contributed by atoms with Crippen molar-refractivity contribution in [2.75, 3.05) is 20.3 Å². The van der Waals surface area contributed by atoms with Crippen molar-refractivity contribution in [1.82, 2.24) is 10.3 Å². The van der Waals surface area contributed by atoms with Crippen LogP contribution in [0, 0.1) is 0 Å². The number of amides is 1. The Kier molecular flexibility index (Phi) is 5.24. The molecule has 0 saturated heterocycles. The Balaban J connectivity index is 2.45. The molecule has 2 N–H and O–H groups in total. The van der Waals surface area contributed by atoms with Crippen molar-refractivity contribution in [3.8, 4) is 5.75 Å². The molecule has 0 aliphatic rings. The second kappa shape index (κ2) is 6.76. The second-order valence-electron chi connectivity index (χ2n) is 2.96. The van der Waals surface area contributed by atoms with Gasteiger partial charge in [0.1, 0.15) is 0 Å². The predicted molar refractivity (Wildman–Crippen MR) is 56.1 cm³/mol. The molecule has 6 nitrogen and oxygen atoms in total. The molecule has 0 atom stereocenters. The van der Waals surface area contributed by atoms with E-state index in [4.69, 9.17) is 14.6 Å². The summed E-state index contributed by atoms with van der Waals surface area (Å²) in [6, 6.07) is 3.33. The number of nitrogens with zero attached hydrogens (tertiary/aromatic N) is 1. The van der Waals surface area contributed by atoms with Gasteiger partial charge in [-0.2, -0.15) is 0 Å². The molecule has 1 aromatic rings. The molecule has 16 heavy (non-hydrogen) atoms. The molecule has 0 spiro atoms. The Morgan fingerprint density at radius 1 is 1.56 bits per heavy atom. The monoisotopic (exact) mass is 226 g/mol. The van der Waals surface area contributed by atoms with Gasteiger partial charge in [0.05, 0.1) is 25.1 Å². The summed E-state index contributed by atoms with van der Waals surface area (Å²) >= 11 is 0. The number of pyridine rings is 1. The topological polar surface area (TPSA) is 80.7 Å². The number of aromatic nitrogens is 1. The molecular weight excluding hydrogens is 212 g/mol. The van der Waals surface area contributed by atoms with E-state index in [0.29, 0.717) is 12.4 Å². The predicted octanol–water partition coefficient (Wildman–Crippen LogP) is 0.309. The first-order chi connectivity index (χ1) is 7.76. The van der Waals surface area contributed by atoms with E-state index in [1.807, 2.05) is 0 Å². The fourth-order valence-electron chi connectivity index (χ4n) is 1.01. The number of methoxy groups -OCH3 is 1. The van der Waals surface area contributed by atoms with Gasteiger partial charge in [-0.25, -0.2) is 4.79 Å². The summed E-state index contributed by atoms with van der Waals surface area (Å²) in [7, 11) is 1.58. The van der Waals surface area contributed by atoms with Crippen LogP contribution in [0.2, 0.25) is 0 Å². The van der Waals surface area contributed by atoms with Crippen LogP contribution < -0.4 is 10.1 Å². The first-order valence-electron chi connectivity index (χ1n) is 4.76. The maximum Gasteiger partial charge on any atom is 0.412 e. The number of aliphatic hydroxyl groups is 1. The number of aliphatic hydroxyl groups excluding tert-OH is 1. The van der Waals surface area contributed by atoms with E-state index < -0.39 is 6.09 Å². The smallest absolute Gasteiger partial charge is 0.409 e. The first kappa shape index (κ1) is 12.4. The second-order valence-corrected chi connectivity index (χ2v) is 2.96. The van der Waals surface area contributed by atoms with Crippen LogP contribution in [-0.2, 0) is 11.3 Å². The number of carbonyl (C=O) groups excluding carboxylic acids is 1. The minimum atomic E-state index is -0.615. The minimum absolute atomic E-state index is 0.125. The summed E-state index contributed by atoms with van der Waals surface area (Å²) in [6.45, 7) is 0.450. The number of carbonyl (C=O) groups is 1. The van der Waals surface area contributed by atoms with E-state index in [1.54, 1.807) is 19.2 Å². The van der Waals surface area contributed by atoms with Crippen molar-refractivity contribution in [3.05, 3.63) is 24.0 Å². The molecule has 0 saturated carbocycles. The highest BCUT2D eigenvalue weighted by atomic mass is 16.6. The van der Waals surface area contributed by atoms with Crippen molar-refractivity contribution in [1.29, 1.82) is 0 Å². The zero-order valence-electron chi connectivity index (χ0n) is 8.97. The van der Waals surface area contributed by atoms with Gasteiger partial charge in [0, 0.05) is 13.7 Å². The molecule has 1 heterocycles. The van der Waals surface area contributed by atoms with Gasteiger partial charge in [-0.3, -0.25) is 4.98 Å². The van der Waals surface area contributed by atoms with Crippen molar-refractivity contribution in [3.63, 3.8) is 0 Å². The van der Waals surface area contributed by atoms with Crippen LogP contribution in [0.15, 0.2) is 18.3 Å². The number of nitrogens with one attached hydrogen (secondary N) is 1. The zero-order valence-corrected chi connectivity index (χ0v) is 8.97. The van der Waals surface area contributed by atoms with E-state index in [1.165, 1.54) is 6.20 Å². The van der Waals surface area contributed by atoms with Crippen LogP contribution in [-0.4, -0.2) is 36.4 Å². The molecule has 0 bridgehead atoms. The standard InChI is InChI=1S/C10H14N2O4/c1-15-7-8-2-3-9(6-12-8)16-10(14)11-4-5-13/h2-3,6,13H,4-5,7H2,1H3,(H,11,14). The van der Waals surface area contributed by atoms with E-state index in [2.05, 4.69) is 10.3 Å². The van der Waals surface area contributed by atoms with Crippen molar-refractivity contribution < 1.29 is 19.4 Å². The third-order valence-corrected chi connectivity index (χ3v) is 1.68. The lowest BCUT2D eigenvalue weighted by molar-refractivity contribution is 0.181. The number of ether oxygens (including phenoxy) is 2. The SMILES string of the molecule is COCc1ccc(OC(=O)NCCO)cn1. The Morgan fingerprint density at radius 3 is 2.94 bits per heavy atom.